The van der Waals surface area contributed by atoms with Crippen LogP contribution in [0.25, 0.3) is 0 Å². The van der Waals surface area contributed by atoms with Crippen molar-refractivity contribution < 1.29 is 56.9 Å². The van der Waals surface area contributed by atoms with E-state index >= 15 is 0 Å². The van der Waals surface area contributed by atoms with Gasteiger partial charge >= 0.3 is 32.5 Å². The second-order valence-electron chi connectivity index (χ2n) is 6.14. The highest BCUT2D eigenvalue weighted by Gasteiger charge is 2.83. The molecule has 0 saturated carbocycles. The summed E-state index contributed by atoms with van der Waals surface area (Å²) in [7, 11) is -13.0. The van der Waals surface area contributed by atoms with Crippen molar-refractivity contribution in [2.75, 3.05) is 39.9 Å². The predicted molar refractivity (Wildman–Crippen MR) is 82.2 cm³/mol. The Kier molecular flexibility index (Phi) is 6.24. The van der Waals surface area contributed by atoms with E-state index in [-0.39, 0.29) is 37.5 Å². The summed E-state index contributed by atoms with van der Waals surface area (Å²) >= 11 is 0. The molecule has 0 aromatic rings. The van der Waals surface area contributed by atoms with Gasteiger partial charge in [-0.15, -0.1) is 0 Å². The van der Waals surface area contributed by atoms with Crippen molar-refractivity contribution in [1.82, 2.24) is 9.21 Å². The van der Waals surface area contributed by atoms with Crippen LogP contribution in [0.3, 0.4) is 0 Å². The fourth-order valence-corrected chi connectivity index (χ4v) is 4.96. The van der Waals surface area contributed by atoms with Gasteiger partial charge in [0.2, 0.25) is 0 Å². The summed E-state index contributed by atoms with van der Waals surface area (Å²) in [6.07, 6.45) is 0.251. The summed E-state index contributed by atoms with van der Waals surface area (Å²) in [5.41, 5.74) is 0. The summed E-state index contributed by atoms with van der Waals surface area (Å²) in [6, 6.07) is -0.766. The van der Waals surface area contributed by atoms with Crippen molar-refractivity contribution in [2.45, 2.75) is 28.9 Å². The van der Waals surface area contributed by atoms with Gasteiger partial charge in [0.15, 0.2) is 0 Å². The highest BCUT2D eigenvalue weighted by molar-refractivity contribution is 7.90. The van der Waals surface area contributed by atoms with Crippen LogP contribution in [0.4, 0.5) is 26.3 Å². The Bertz CT molecular complexity index is 856. The van der Waals surface area contributed by atoms with Gasteiger partial charge in [0, 0.05) is 32.6 Å². The van der Waals surface area contributed by atoms with Gasteiger partial charge in [-0.3, -0.25) is 13.9 Å². The number of ether oxygens (including phenoxy) is 1. The second kappa shape index (κ2) is 7.51. The van der Waals surface area contributed by atoms with Crippen LogP contribution in [-0.2, 0) is 33.9 Å². The fraction of sp³-hybridized carbons (Fsp3) is 0.917. The molecule has 9 nitrogen and oxygen atoms in total. The first-order chi connectivity index (χ1) is 13.0. The molecule has 17 heteroatoms. The molecule has 0 N–H and O–H groups in total. The van der Waals surface area contributed by atoms with Crippen LogP contribution < -0.4 is 0 Å². The van der Waals surface area contributed by atoms with E-state index in [9.17, 15) is 48.0 Å². The van der Waals surface area contributed by atoms with Crippen LogP contribution in [-0.4, -0.2) is 94.4 Å². The Morgan fingerprint density at radius 1 is 0.966 bits per heavy atom. The normalized spacial score (nSPS) is 24.0. The Morgan fingerprint density at radius 2 is 1.48 bits per heavy atom. The first-order valence-electron chi connectivity index (χ1n) is 7.88. The molecule has 2 saturated heterocycles. The van der Waals surface area contributed by atoms with Crippen molar-refractivity contribution >= 4 is 26.1 Å². The summed E-state index contributed by atoms with van der Waals surface area (Å²) < 4.78 is 137. The summed E-state index contributed by atoms with van der Waals surface area (Å²) in [4.78, 5) is 12.9. The second-order valence-corrected chi connectivity index (χ2v) is 9.87. The molecule has 2 aliphatic rings. The molecule has 0 spiro atoms. The van der Waals surface area contributed by atoms with E-state index in [1.807, 2.05) is 0 Å². The van der Waals surface area contributed by atoms with Crippen molar-refractivity contribution in [3.05, 3.63) is 0 Å². The third-order valence-corrected chi connectivity index (χ3v) is 7.82. The summed E-state index contributed by atoms with van der Waals surface area (Å²) in [5.74, 6) is -7.47. The Labute approximate surface area is 161 Å². The number of carbonyl (C=O) groups excluding carboxylic acids is 1. The molecular formula is C12H16F6N2O7S2. The molecule has 29 heavy (non-hydrogen) atoms. The lowest BCUT2D eigenvalue weighted by atomic mass is 10.2. The minimum Gasteiger partial charge on any atom is -0.464 e. The molecule has 2 rings (SSSR count). The number of piperazine rings is 1. The maximum Gasteiger partial charge on any atom is 0.439 e. The van der Waals surface area contributed by atoms with Crippen LogP contribution >= 0.6 is 0 Å². The smallest absolute Gasteiger partial charge is 0.439 e. The van der Waals surface area contributed by atoms with Gasteiger partial charge in [-0.2, -0.15) is 39.1 Å². The lowest BCUT2D eigenvalue weighted by Crippen LogP contribution is -2.65. The molecule has 0 amide bonds. The number of rotatable bonds is 7. The van der Waals surface area contributed by atoms with E-state index in [0.717, 1.165) is 0 Å². The summed E-state index contributed by atoms with van der Waals surface area (Å²) in [6.45, 7) is -2.23. The van der Waals surface area contributed by atoms with Gasteiger partial charge in [-0.25, -0.2) is 8.42 Å². The molecule has 2 aliphatic heterocycles. The minimum absolute atomic E-state index is 0.0270. The maximum absolute atomic E-state index is 14.1. The van der Waals surface area contributed by atoms with E-state index in [0.29, 0.717) is 0 Å². The van der Waals surface area contributed by atoms with Gasteiger partial charge in [0.05, 0.1) is 13.7 Å². The number of esters is 1. The number of sulfonamides is 1. The fourth-order valence-electron chi connectivity index (χ4n) is 2.83. The van der Waals surface area contributed by atoms with E-state index in [1.54, 1.807) is 0 Å². The quantitative estimate of drug-likeness (QED) is 0.287. The van der Waals surface area contributed by atoms with E-state index in [4.69, 9.17) is 4.74 Å². The largest absolute Gasteiger partial charge is 0.464 e. The number of nitrogens with zero attached hydrogens (tertiary/aromatic N) is 2. The summed E-state index contributed by atoms with van der Waals surface area (Å²) in [5, 5.41) is -13.0. The molecule has 0 aromatic carbocycles. The lowest BCUT2D eigenvalue weighted by molar-refractivity contribution is -0.247. The molecule has 1 atom stereocenters. The van der Waals surface area contributed by atoms with Crippen LogP contribution in [0, 0.1) is 0 Å². The Morgan fingerprint density at radius 3 is 1.90 bits per heavy atom. The number of hydrogen-bond acceptors (Lipinski definition) is 8. The highest BCUT2D eigenvalue weighted by atomic mass is 32.2. The highest BCUT2D eigenvalue weighted by Crippen LogP contribution is 2.51. The topological polar surface area (TPSA) is 110 Å². The predicted octanol–water partition coefficient (Wildman–Crippen LogP) is 0.0464. The number of cyclic esters (lactones) is 1. The van der Waals surface area contributed by atoms with Crippen LogP contribution in [0.15, 0.2) is 0 Å². The first kappa shape index (κ1) is 24.1. The van der Waals surface area contributed by atoms with Gasteiger partial charge < -0.3 is 4.74 Å². The number of hydrogen-bond donors (Lipinski definition) is 0. The van der Waals surface area contributed by atoms with Crippen LogP contribution in [0.2, 0.25) is 0 Å². The average molecular weight is 478 g/mol. The first-order valence-corrected chi connectivity index (χ1v) is 10.7. The third-order valence-electron chi connectivity index (χ3n) is 4.55. The average Bonchev–Trinajstić information content (AvgIpc) is 3.07. The Hall–Kier alpha value is -1.17. The van der Waals surface area contributed by atoms with Crippen molar-refractivity contribution in [1.29, 1.82) is 0 Å². The van der Waals surface area contributed by atoms with Crippen molar-refractivity contribution in [3.63, 3.8) is 0 Å². The monoisotopic (exact) mass is 478 g/mol. The molecule has 0 aromatic heterocycles. The van der Waals surface area contributed by atoms with E-state index < -0.39 is 61.7 Å². The third kappa shape index (κ3) is 3.60. The van der Waals surface area contributed by atoms with Gasteiger partial charge in [-0.1, -0.05) is 0 Å². The Balaban J connectivity index is 2.26. The standard InChI is InChI=1S/C12H16F6N2O7S2/c1-26-29(24,25)12(17,18)10(13,14)11(15,16)28(22,23)20-5-3-19(4-6-20)8-2-7-27-9(8)21/h8H,2-7H2,1H3. The maximum atomic E-state index is 14.1. The number of alkyl halides is 6. The minimum atomic E-state index is -6.85. The zero-order chi connectivity index (χ0) is 22.5. The van der Waals surface area contributed by atoms with E-state index in [2.05, 4.69) is 4.18 Å². The van der Waals surface area contributed by atoms with Crippen molar-refractivity contribution in [3.8, 4) is 0 Å². The van der Waals surface area contributed by atoms with Crippen LogP contribution in [0.5, 0.6) is 0 Å². The van der Waals surface area contributed by atoms with Gasteiger partial charge in [-0.05, 0) is 0 Å². The zero-order valence-electron chi connectivity index (χ0n) is 14.7. The lowest BCUT2D eigenvalue weighted by Gasteiger charge is -2.39. The molecule has 0 aliphatic carbocycles. The SMILES string of the molecule is COS(=O)(=O)C(F)(F)C(F)(F)C(F)(F)S(=O)(=O)N1CCN(C2CCOC2=O)CC1. The van der Waals surface area contributed by atoms with Crippen LogP contribution in [0.1, 0.15) is 6.42 Å². The van der Waals surface area contributed by atoms with Gasteiger partial charge in [0.1, 0.15) is 6.04 Å². The molecule has 0 radical (unpaired) electrons. The molecule has 0 bridgehead atoms. The molecular weight excluding hydrogens is 462 g/mol. The van der Waals surface area contributed by atoms with Gasteiger partial charge in [0.25, 0.3) is 10.0 Å². The number of carbonyl (C=O) groups is 1. The number of halogens is 6. The van der Waals surface area contributed by atoms with Crippen molar-refractivity contribution in [2.24, 2.45) is 0 Å². The molecule has 170 valence electrons. The molecule has 1 unspecified atom stereocenters. The molecule has 2 fully saturated rings. The zero-order valence-corrected chi connectivity index (χ0v) is 16.3. The molecule has 2 heterocycles. The van der Waals surface area contributed by atoms with E-state index in [1.165, 1.54) is 4.90 Å².